The van der Waals surface area contributed by atoms with Gasteiger partial charge in [0.1, 0.15) is 16.9 Å². The van der Waals surface area contributed by atoms with Crippen LogP contribution in [0.2, 0.25) is 5.15 Å². The number of nitro groups is 1. The molecule has 1 atom stereocenters. The van der Waals surface area contributed by atoms with Crippen LogP contribution >= 0.6 is 23.4 Å². The summed E-state index contributed by atoms with van der Waals surface area (Å²) in [5, 5.41) is 13.7. The lowest BCUT2D eigenvalue weighted by atomic mass is 10.2. The van der Waals surface area contributed by atoms with E-state index >= 15 is 0 Å². The molecular formula is C11H14ClN3O3S. The van der Waals surface area contributed by atoms with E-state index in [2.05, 4.69) is 10.3 Å². The largest absolute Gasteiger partial charge is 0.348 e. The number of carbonyl (C=O) groups is 1. The predicted octanol–water partition coefficient (Wildman–Crippen LogP) is 2.51. The van der Waals surface area contributed by atoms with Gasteiger partial charge in [0.15, 0.2) is 0 Å². The van der Waals surface area contributed by atoms with E-state index in [1.165, 1.54) is 6.07 Å². The molecule has 0 radical (unpaired) electrons. The molecule has 1 amide bonds. The van der Waals surface area contributed by atoms with Gasteiger partial charge in [-0.1, -0.05) is 18.5 Å². The first-order chi connectivity index (χ1) is 8.99. The Kier molecular flexibility index (Phi) is 6.04. The fraction of sp³-hybridized carbons (Fsp3) is 0.455. The van der Waals surface area contributed by atoms with Gasteiger partial charge in [0, 0.05) is 11.8 Å². The standard InChI is InChI=1S/C11H14ClN3O3S/c1-3-7(6-19-2)14-11(16)8-4-10(12)13-5-9(8)15(17)18/h4-5,7H,3,6H2,1-2H3,(H,14,16). The smallest absolute Gasteiger partial charge is 0.300 e. The molecule has 1 unspecified atom stereocenters. The highest BCUT2D eigenvalue weighted by Crippen LogP contribution is 2.20. The van der Waals surface area contributed by atoms with Gasteiger partial charge in [-0.2, -0.15) is 11.8 Å². The Labute approximate surface area is 120 Å². The van der Waals surface area contributed by atoms with Crippen LogP contribution < -0.4 is 5.32 Å². The first-order valence-electron chi connectivity index (χ1n) is 5.59. The number of rotatable bonds is 6. The van der Waals surface area contributed by atoms with E-state index in [1.807, 2.05) is 13.2 Å². The van der Waals surface area contributed by atoms with Crippen LogP contribution in [0.3, 0.4) is 0 Å². The van der Waals surface area contributed by atoms with Crippen molar-refractivity contribution in [3.8, 4) is 0 Å². The Hall–Kier alpha value is -1.34. The lowest BCUT2D eigenvalue weighted by molar-refractivity contribution is -0.385. The van der Waals surface area contributed by atoms with Crippen LogP contribution in [-0.2, 0) is 0 Å². The maximum Gasteiger partial charge on any atom is 0.300 e. The van der Waals surface area contributed by atoms with Gasteiger partial charge >= 0.3 is 0 Å². The summed E-state index contributed by atoms with van der Waals surface area (Å²) in [5.74, 6) is 0.242. The minimum atomic E-state index is -0.645. The summed E-state index contributed by atoms with van der Waals surface area (Å²) in [7, 11) is 0. The fourth-order valence-corrected chi connectivity index (χ4v) is 2.36. The number of nitrogens with zero attached hydrogens (tertiary/aromatic N) is 2. The Morgan fingerprint density at radius 1 is 1.68 bits per heavy atom. The summed E-state index contributed by atoms with van der Waals surface area (Å²) in [6.07, 6.45) is 3.67. The first-order valence-corrected chi connectivity index (χ1v) is 7.36. The Morgan fingerprint density at radius 3 is 2.89 bits per heavy atom. The van der Waals surface area contributed by atoms with Gasteiger partial charge in [-0.05, 0) is 18.7 Å². The third-order valence-electron chi connectivity index (χ3n) is 2.49. The minimum absolute atomic E-state index is 0.0333. The number of nitrogens with one attached hydrogen (secondary N) is 1. The van der Waals surface area contributed by atoms with Crippen molar-refractivity contribution in [3.63, 3.8) is 0 Å². The quantitative estimate of drug-likeness (QED) is 0.496. The number of hydrogen-bond donors (Lipinski definition) is 1. The second-order valence-corrected chi connectivity index (χ2v) is 5.11. The minimum Gasteiger partial charge on any atom is -0.348 e. The van der Waals surface area contributed by atoms with Crippen LogP contribution in [0.15, 0.2) is 12.3 Å². The van der Waals surface area contributed by atoms with E-state index in [0.717, 1.165) is 18.4 Å². The van der Waals surface area contributed by atoms with Crippen molar-refractivity contribution in [2.45, 2.75) is 19.4 Å². The van der Waals surface area contributed by atoms with E-state index in [1.54, 1.807) is 11.8 Å². The number of carbonyl (C=O) groups excluding carboxylic acids is 1. The lowest BCUT2D eigenvalue weighted by Crippen LogP contribution is -2.36. The molecule has 1 N–H and O–H groups in total. The van der Waals surface area contributed by atoms with Crippen molar-refractivity contribution in [3.05, 3.63) is 33.1 Å². The maximum absolute atomic E-state index is 12.1. The zero-order valence-electron chi connectivity index (χ0n) is 10.6. The van der Waals surface area contributed by atoms with E-state index in [9.17, 15) is 14.9 Å². The van der Waals surface area contributed by atoms with Crippen LogP contribution in [0.25, 0.3) is 0 Å². The third-order valence-corrected chi connectivity index (χ3v) is 3.43. The van der Waals surface area contributed by atoms with Crippen molar-refractivity contribution < 1.29 is 9.72 Å². The van der Waals surface area contributed by atoms with E-state index < -0.39 is 10.8 Å². The zero-order valence-corrected chi connectivity index (χ0v) is 12.1. The Morgan fingerprint density at radius 2 is 2.37 bits per heavy atom. The third kappa shape index (κ3) is 4.36. The normalized spacial score (nSPS) is 11.9. The van der Waals surface area contributed by atoms with Gasteiger partial charge in [0.2, 0.25) is 0 Å². The molecule has 0 fully saturated rings. The molecule has 0 aliphatic heterocycles. The van der Waals surface area contributed by atoms with Crippen molar-refractivity contribution in [1.82, 2.24) is 10.3 Å². The maximum atomic E-state index is 12.1. The Bertz CT molecular complexity index is 484. The van der Waals surface area contributed by atoms with Crippen molar-refractivity contribution >= 4 is 35.0 Å². The Balaban J connectivity index is 2.98. The molecule has 0 spiro atoms. The number of pyridine rings is 1. The van der Waals surface area contributed by atoms with Crippen molar-refractivity contribution in [1.29, 1.82) is 0 Å². The summed E-state index contributed by atoms with van der Waals surface area (Å²) >= 11 is 7.28. The van der Waals surface area contributed by atoms with E-state index in [-0.39, 0.29) is 22.4 Å². The number of aromatic nitrogens is 1. The first kappa shape index (κ1) is 15.7. The van der Waals surface area contributed by atoms with E-state index in [4.69, 9.17) is 11.6 Å². The summed E-state index contributed by atoms with van der Waals surface area (Å²) in [6, 6.07) is 1.18. The molecule has 0 aliphatic rings. The second kappa shape index (κ2) is 7.30. The summed E-state index contributed by atoms with van der Waals surface area (Å²) in [5.41, 5.74) is -0.412. The molecule has 8 heteroatoms. The number of thioether (sulfide) groups is 1. The van der Waals surface area contributed by atoms with E-state index in [0.29, 0.717) is 0 Å². The van der Waals surface area contributed by atoms with Crippen LogP contribution in [0, 0.1) is 10.1 Å². The summed E-state index contributed by atoms with van der Waals surface area (Å²) in [6.45, 7) is 1.94. The molecule has 1 heterocycles. The molecule has 104 valence electrons. The number of amides is 1. The summed E-state index contributed by atoms with van der Waals surface area (Å²) < 4.78 is 0. The van der Waals surface area contributed by atoms with Crippen LogP contribution in [0.5, 0.6) is 0 Å². The SMILES string of the molecule is CCC(CSC)NC(=O)c1cc(Cl)ncc1[N+](=O)[O-]. The molecular weight excluding hydrogens is 290 g/mol. The fourth-order valence-electron chi connectivity index (χ4n) is 1.48. The lowest BCUT2D eigenvalue weighted by Gasteiger charge is -2.15. The zero-order chi connectivity index (χ0) is 14.4. The molecule has 1 aromatic heterocycles. The van der Waals surface area contributed by atoms with Gasteiger partial charge in [-0.15, -0.1) is 0 Å². The van der Waals surface area contributed by atoms with Crippen LogP contribution in [-0.4, -0.2) is 33.9 Å². The average molecular weight is 304 g/mol. The average Bonchev–Trinajstić information content (AvgIpc) is 2.37. The molecule has 0 bridgehead atoms. The molecule has 1 aromatic rings. The monoisotopic (exact) mass is 303 g/mol. The van der Waals surface area contributed by atoms with Gasteiger partial charge in [-0.3, -0.25) is 14.9 Å². The molecule has 6 nitrogen and oxygen atoms in total. The van der Waals surface area contributed by atoms with Crippen LogP contribution in [0.4, 0.5) is 5.69 Å². The van der Waals surface area contributed by atoms with Crippen molar-refractivity contribution in [2.75, 3.05) is 12.0 Å². The molecule has 0 saturated heterocycles. The molecule has 0 aliphatic carbocycles. The highest BCUT2D eigenvalue weighted by Gasteiger charge is 2.22. The van der Waals surface area contributed by atoms with Crippen molar-refractivity contribution in [2.24, 2.45) is 0 Å². The second-order valence-electron chi connectivity index (χ2n) is 3.82. The highest BCUT2D eigenvalue weighted by molar-refractivity contribution is 7.98. The van der Waals surface area contributed by atoms with Gasteiger partial charge in [0.25, 0.3) is 11.6 Å². The molecule has 1 rings (SSSR count). The molecule has 19 heavy (non-hydrogen) atoms. The van der Waals surface area contributed by atoms with Crippen LogP contribution in [0.1, 0.15) is 23.7 Å². The topological polar surface area (TPSA) is 85.1 Å². The highest BCUT2D eigenvalue weighted by atomic mass is 35.5. The van der Waals surface area contributed by atoms with Gasteiger partial charge in [-0.25, -0.2) is 4.98 Å². The van der Waals surface area contributed by atoms with Gasteiger partial charge < -0.3 is 5.32 Å². The molecule has 0 saturated carbocycles. The molecule has 0 aromatic carbocycles. The summed E-state index contributed by atoms with van der Waals surface area (Å²) in [4.78, 5) is 25.9. The predicted molar refractivity (Wildman–Crippen MR) is 75.8 cm³/mol. The number of halogens is 1. The van der Waals surface area contributed by atoms with Gasteiger partial charge in [0.05, 0.1) is 4.92 Å². The number of hydrogen-bond acceptors (Lipinski definition) is 5.